The lowest BCUT2D eigenvalue weighted by molar-refractivity contribution is 0.0647. The topological polar surface area (TPSA) is 39.9 Å². The molecule has 0 spiro atoms. The largest absolute Gasteiger partial charge is 0.381 e. The number of hydrogen-bond donors (Lipinski definition) is 0. The summed E-state index contributed by atoms with van der Waals surface area (Å²) in [5.41, 5.74) is 1.23. The van der Waals surface area contributed by atoms with Crippen molar-refractivity contribution in [3.8, 4) is 0 Å². The molecule has 1 aliphatic rings. The number of hydrogen-bond acceptors (Lipinski definition) is 3. The maximum atomic E-state index is 5.34. The molecule has 0 aromatic carbocycles. The van der Waals surface area contributed by atoms with E-state index in [0.717, 1.165) is 26.1 Å². The second-order valence-corrected chi connectivity index (χ2v) is 4.10. The van der Waals surface area contributed by atoms with Crippen LogP contribution >= 0.6 is 0 Å². The van der Waals surface area contributed by atoms with Crippen LogP contribution in [0.1, 0.15) is 44.3 Å². The fourth-order valence-corrected chi connectivity index (χ4v) is 1.88. The lowest BCUT2D eigenvalue weighted by atomic mass is 10.1. The van der Waals surface area contributed by atoms with Crippen LogP contribution in [0.3, 0.4) is 0 Å². The Labute approximate surface area is 84.3 Å². The van der Waals surface area contributed by atoms with Gasteiger partial charge in [-0.2, -0.15) is 0 Å². The fraction of sp³-hybridized carbons (Fsp3) is 0.800. The van der Waals surface area contributed by atoms with Crippen LogP contribution in [0.4, 0.5) is 0 Å². The Morgan fingerprint density at radius 1 is 1.43 bits per heavy atom. The number of rotatable bonds is 2. The standard InChI is InChI=1S/C10H17N3O/c1-8(2)10-7-11-12-13(10)9-3-5-14-6-4-9/h7-9H,3-6H2,1-2H3. The van der Waals surface area contributed by atoms with E-state index in [1.165, 1.54) is 5.69 Å². The summed E-state index contributed by atoms with van der Waals surface area (Å²) >= 11 is 0. The average Bonchev–Trinajstić information content (AvgIpc) is 2.67. The Balaban J connectivity index is 2.17. The van der Waals surface area contributed by atoms with E-state index in [4.69, 9.17) is 4.74 Å². The van der Waals surface area contributed by atoms with Crippen molar-refractivity contribution in [1.82, 2.24) is 15.0 Å². The normalized spacial score (nSPS) is 19.1. The van der Waals surface area contributed by atoms with Gasteiger partial charge in [0.25, 0.3) is 0 Å². The molecule has 0 N–H and O–H groups in total. The van der Waals surface area contributed by atoms with Crippen LogP contribution in [0.5, 0.6) is 0 Å². The molecule has 0 amide bonds. The van der Waals surface area contributed by atoms with E-state index in [1.54, 1.807) is 0 Å². The SMILES string of the molecule is CC(C)c1cnnn1C1CCOCC1. The van der Waals surface area contributed by atoms with Crippen molar-refractivity contribution < 1.29 is 4.74 Å². The highest BCUT2D eigenvalue weighted by Crippen LogP contribution is 2.24. The second-order valence-electron chi connectivity index (χ2n) is 4.10. The van der Waals surface area contributed by atoms with Crippen LogP contribution < -0.4 is 0 Å². The Morgan fingerprint density at radius 3 is 2.79 bits per heavy atom. The van der Waals surface area contributed by atoms with Crippen molar-refractivity contribution in [3.63, 3.8) is 0 Å². The van der Waals surface area contributed by atoms with Crippen molar-refractivity contribution in [2.75, 3.05) is 13.2 Å². The van der Waals surface area contributed by atoms with Gasteiger partial charge in [-0.05, 0) is 18.8 Å². The van der Waals surface area contributed by atoms with E-state index in [-0.39, 0.29) is 0 Å². The molecule has 0 saturated carbocycles. The minimum absolute atomic E-state index is 0.489. The van der Waals surface area contributed by atoms with Gasteiger partial charge in [-0.1, -0.05) is 19.1 Å². The molecular weight excluding hydrogens is 178 g/mol. The highest BCUT2D eigenvalue weighted by molar-refractivity contribution is 5.01. The Bertz CT molecular complexity index is 289. The first-order valence-electron chi connectivity index (χ1n) is 5.27. The quantitative estimate of drug-likeness (QED) is 0.721. The highest BCUT2D eigenvalue weighted by Gasteiger charge is 2.20. The third-order valence-electron chi connectivity index (χ3n) is 2.73. The molecule has 0 atom stereocenters. The molecule has 2 rings (SSSR count). The molecule has 0 aliphatic carbocycles. The zero-order valence-electron chi connectivity index (χ0n) is 8.81. The third-order valence-corrected chi connectivity index (χ3v) is 2.73. The van der Waals surface area contributed by atoms with Gasteiger partial charge in [0.1, 0.15) is 0 Å². The van der Waals surface area contributed by atoms with E-state index in [9.17, 15) is 0 Å². The summed E-state index contributed by atoms with van der Waals surface area (Å²) in [7, 11) is 0. The summed E-state index contributed by atoms with van der Waals surface area (Å²) < 4.78 is 7.41. The molecule has 0 radical (unpaired) electrons. The summed E-state index contributed by atoms with van der Waals surface area (Å²) in [4.78, 5) is 0. The van der Waals surface area contributed by atoms with Gasteiger partial charge in [0.2, 0.25) is 0 Å². The Hall–Kier alpha value is -0.900. The zero-order chi connectivity index (χ0) is 9.97. The molecule has 14 heavy (non-hydrogen) atoms. The molecule has 1 aromatic heterocycles. The lowest BCUT2D eigenvalue weighted by Crippen LogP contribution is -2.22. The molecule has 1 aliphatic heterocycles. The van der Waals surface area contributed by atoms with E-state index >= 15 is 0 Å². The molecule has 1 saturated heterocycles. The molecule has 2 heterocycles. The molecule has 0 unspecified atom stereocenters. The minimum Gasteiger partial charge on any atom is -0.381 e. The Kier molecular flexibility index (Phi) is 2.82. The van der Waals surface area contributed by atoms with Crippen molar-refractivity contribution >= 4 is 0 Å². The monoisotopic (exact) mass is 195 g/mol. The lowest BCUT2D eigenvalue weighted by Gasteiger charge is -2.24. The molecular formula is C10H17N3O. The molecule has 1 aromatic rings. The van der Waals surface area contributed by atoms with E-state index in [1.807, 2.05) is 6.20 Å². The van der Waals surface area contributed by atoms with Crippen LogP contribution in [0.25, 0.3) is 0 Å². The van der Waals surface area contributed by atoms with Crippen LogP contribution in [0.15, 0.2) is 6.20 Å². The van der Waals surface area contributed by atoms with Crippen LogP contribution in [-0.4, -0.2) is 28.2 Å². The molecule has 78 valence electrons. The van der Waals surface area contributed by atoms with Crippen molar-refractivity contribution in [2.24, 2.45) is 0 Å². The van der Waals surface area contributed by atoms with Crippen molar-refractivity contribution in [2.45, 2.75) is 38.6 Å². The highest BCUT2D eigenvalue weighted by atomic mass is 16.5. The van der Waals surface area contributed by atoms with Gasteiger partial charge in [0.05, 0.1) is 17.9 Å². The van der Waals surface area contributed by atoms with Gasteiger partial charge in [0, 0.05) is 13.2 Å². The third kappa shape index (κ3) is 1.80. The molecule has 4 heteroatoms. The van der Waals surface area contributed by atoms with Gasteiger partial charge in [-0.3, -0.25) is 0 Å². The predicted molar refractivity (Wildman–Crippen MR) is 53.2 cm³/mol. The fourth-order valence-electron chi connectivity index (χ4n) is 1.88. The summed E-state index contributed by atoms with van der Waals surface area (Å²) in [6, 6.07) is 0.489. The van der Waals surface area contributed by atoms with Crippen molar-refractivity contribution in [1.29, 1.82) is 0 Å². The number of ether oxygens (including phenoxy) is 1. The first kappa shape index (κ1) is 9.65. The summed E-state index contributed by atoms with van der Waals surface area (Å²) in [6.45, 7) is 6.05. The van der Waals surface area contributed by atoms with Crippen LogP contribution in [-0.2, 0) is 4.74 Å². The minimum atomic E-state index is 0.489. The number of nitrogens with zero attached hydrogens (tertiary/aromatic N) is 3. The summed E-state index contributed by atoms with van der Waals surface area (Å²) in [5.74, 6) is 0.493. The first-order valence-corrected chi connectivity index (χ1v) is 5.27. The molecule has 4 nitrogen and oxygen atoms in total. The van der Waals surface area contributed by atoms with Gasteiger partial charge in [-0.15, -0.1) is 5.10 Å². The molecule has 1 fully saturated rings. The van der Waals surface area contributed by atoms with Gasteiger partial charge >= 0.3 is 0 Å². The van der Waals surface area contributed by atoms with Gasteiger partial charge in [-0.25, -0.2) is 4.68 Å². The maximum absolute atomic E-state index is 5.34. The second kappa shape index (κ2) is 4.09. The van der Waals surface area contributed by atoms with E-state index in [2.05, 4.69) is 28.8 Å². The summed E-state index contributed by atoms with van der Waals surface area (Å²) in [5, 5.41) is 8.16. The van der Waals surface area contributed by atoms with E-state index in [0.29, 0.717) is 12.0 Å². The van der Waals surface area contributed by atoms with Crippen LogP contribution in [0.2, 0.25) is 0 Å². The molecule has 0 bridgehead atoms. The number of aromatic nitrogens is 3. The van der Waals surface area contributed by atoms with Crippen LogP contribution in [0, 0.1) is 0 Å². The predicted octanol–water partition coefficient (Wildman–Crippen LogP) is 1.75. The average molecular weight is 195 g/mol. The maximum Gasteiger partial charge on any atom is 0.0727 e. The van der Waals surface area contributed by atoms with Gasteiger partial charge in [0.15, 0.2) is 0 Å². The van der Waals surface area contributed by atoms with Crippen molar-refractivity contribution in [3.05, 3.63) is 11.9 Å². The Morgan fingerprint density at radius 2 is 2.14 bits per heavy atom. The zero-order valence-corrected chi connectivity index (χ0v) is 8.81. The first-order chi connectivity index (χ1) is 6.79. The smallest absolute Gasteiger partial charge is 0.0727 e. The van der Waals surface area contributed by atoms with Gasteiger partial charge < -0.3 is 4.74 Å². The summed E-state index contributed by atoms with van der Waals surface area (Å²) in [6.07, 6.45) is 3.99. The van der Waals surface area contributed by atoms with E-state index < -0.39 is 0 Å².